The van der Waals surface area contributed by atoms with Crippen molar-refractivity contribution in [2.24, 2.45) is 0 Å². The summed E-state index contributed by atoms with van der Waals surface area (Å²) in [5, 5.41) is 9.78. The molecule has 0 bridgehead atoms. The van der Waals surface area contributed by atoms with Gasteiger partial charge in [0.2, 0.25) is 5.91 Å². The van der Waals surface area contributed by atoms with Crippen LogP contribution in [0.3, 0.4) is 0 Å². The van der Waals surface area contributed by atoms with Gasteiger partial charge in [-0.3, -0.25) is 4.79 Å². The summed E-state index contributed by atoms with van der Waals surface area (Å²) in [5.41, 5.74) is -0.606. The van der Waals surface area contributed by atoms with E-state index in [4.69, 9.17) is 0 Å². The van der Waals surface area contributed by atoms with Gasteiger partial charge in [-0.05, 0) is 6.42 Å². The van der Waals surface area contributed by atoms with Crippen LogP contribution >= 0.6 is 0 Å². The number of aliphatic hydroxyl groups is 1. The average Bonchev–Trinajstić information content (AvgIpc) is 2.01. The smallest absolute Gasteiger partial charge is 0.226 e. The number of carbonyl (C=O) groups is 1. The van der Waals surface area contributed by atoms with Gasteiger partial charge in [0, 0.05) is 6.42 Å². The summed E-state index contributed by atoms with van der Waals surface area (Å²) < 4.78 is 0. The van der Waals surface area contributed by atoms with Crippen molar-refractivity contribution >= 4 is 5.91 Å². The third-order valence-corrected chi connectivity index (χ3v) is 2.36. The highest BCUT2D eigenvalue weighted by Gasteiger charge is 2.41. The minimum absolute atomic E-state index is 0.0655. The first-order valence-corrected chi connectivity index (χ1v) is 4.72. The molecule has 1 N–H and O–H groups in total. The molecule has 13 heavy (non-hydrogen) atoms. The second-order valence-corrected chi connectivity index (χ2v) is 3.72. The van der Waals surface area contributed by atoms with Gasteiger partial charge in [0.05, 0.1) is 18.7 Å². The summed E-state index contributed by atoms with van der Waals surface area (Å²) in [5.74, 6) is 0.0655. The van der Waals surface area contributed by atoms with Gasteiger partial charge < -0.3 is 10.0 Å². The Hall–Kier alpha value is -0.830. The summed E-state index contributed by atoms with van der Waals surface area (Å²) >= 11 is 0. The molecular weight excluding hydrogens is 166 g/mol. The van der Waals surface area contributed by atoms with Gasteiger partial charge in [-0.25, -0.2) is 0 Å². The Balaban J connectivity index is 2.31. The topological polar surface area (TPSA) is 40.5 Å². The molecule has 3 nitrogen and oxygen atoms in total. The standard InChI is InChI=1S/C10H17NO2/c1-3-5-9(12)11-7-10(13,8-11)6-4-2/h3,13H,1,4-8H2,2H3. The minimum Gasteiger partial charge on any atom is -0.386 e. The summed E-state index contributed by atoms with van der Waals surface area (Å²) in [6.07, 6.45) is 3.71. The monoisotopic (exact) mass is 183 g/mol. The average molecular weight is 183 g/mol. The first-order chi connectivity index (χ1) is 6.11. The van der Waals surface area contributed by atoms with Crippen LogP contribution in [0.1, 0.15) is 26.2 Å². The van der Waals surface area contributed by atoms with E-state index < -0.39 is 5.60 Å². The lowest BCUT2D eigenvalue weighted by Gasteiger charge is -2.46. The largest absolute Gasteiger partial charge is 0.386 e. The number of hydrogen-bond donors (Lipinski definition) is 1. The molecule has 3 heteroatoms. The molecule has 1 saturated heterocycles. The Kier molecular flexibility index (Phi) is 3.09. The van der Waals surface area contributed by atoms with Crippen molar-refractivity contribution in [2.45, 2.75) is 31.8 Å². The maximum Gasteiger partial charge on any atom is 0.226 e. The van der Waals surface area contributed by atoms with E-state index in [1.807, 2.05) is 6.92 Å². The number of nitrogens with zero attached hydrogens (tertiary/aromatic N) is 1. The van der Waals surface area contributed by atoms with E-state index in [-0.39, 0.29) is 5.91 Å². The number of amides is 1. The normalized spacial score (nSPS) is 19.4. The highest BCUT2D eigenvalue weighted by Crippen LogP contribution is 2.26. The van der Waals surface area contributed by atoms with Crippen molar-refractivity contribution < 1.29 is 9.90 Å². The maximum absolute atomic E-state index is 11.3. The Morgan fingerprint density at radius 2 is 2.31 bits per heavy atom. The first-order valence-electron chi connectivity index (χ1n) is 4.72. The molecular formula is C10H17NO2. The van der Waals surface area contributed by atoms with Crippen LogP contribution < -0.4 is 0 Å². The summed E-state index contributed by atoms with van der Waals surface area (Å²) in [6, 6.07) is 0. The maximum atomic E-state index is 11.3. The number of likely N-dealkylation sites (tertiary alicyclic amines) is 1. The van der Waals surface area contributed by atoms with Gasteiger partial charge in [-0.1, -0.05) is 19.4 Å². The predicted molar refractivity (Wildman–Crippen MR) is 51.3 cm³/mol. The Labute approximate surface area is 79.0 Å². The second kappa shape index (κ2) is 3.92. The molecule has 1 fully saturated rings. The van der Waals surface area contributed by atoms with E-state index in [1.54, 1.807) is 11.0 Å². The molecule has 0 unspecified atom stereocenters. The number of carbonyl (C=O) groups excluding carboxylic acids is 1. The van der Waals surface area contributed by atoms with Crippen LogP contribution in [0.2, 0.25) is 0 Å². The third-order valence-electron chi connectivity index (χ3n) is 2.36. The molecule has 0 radical (unpaired) electrons. The van der Waals surface area contributed by atoms with E-state index >= 15 is 0 Å². The van der Waals surface area contributed by atoms with Crippen molar-refractivity contribution in [1.82, 2.24) is 4.90 Å². The van der Waals surface area contributed by atoms with Crippen molar-refractivity contribution in [1.29, 1.82) is 0 Å². The SMILES string of the molecule is C=CCC(=O)N1CC(O)(CCC)C1. The predicted octanol–water partition coefficient (Wildman–Crippen LogP) is 0.936. The molecule has 1 rings (SSSR count). The lowest BCUT2D eigenvalue weighted by molar-refractivity contribution is -0.155. The van der Waals surface area contributed by atoms with Crippen molar-refractivity contribution in [3.63, 3.8) is 0 Å². The fraction of sp³-hybridized carbons (Fsp3) is 0.700. The van der Waals surface area contributed by atoms with Gasteiger partial charge >= 0.3 is 0 Å². The van der Waals surface area contributed by atoms with Gasteiger partial charge in [0.1, 0.15) is 0 Å². The number of β-amino-alcohol motifs (C(OH)–C–C–N with tert-alkyl or cyclic N) is 1. The van der Waals surface area contributed by atoms with Gasteiger partial charge in [0.15, 0.2) is 0 Å². The molecule has 0 aromatic carbocycles. The van der Waals surface area contributed by atoms with Crippen LogP contribution in [0.5, 0.6) is 0 Å². The van der Waals surface area contributed by atoms with Gasteiger partial charge in [0.25, 0.3) is 0 Å². The fourth-order valence-electron chi connectivity index (χ4n) is 1.72. The zero-order chi connectivity index (χ0) is 9.90. The van der Waals surface area contributed by atoms with Gasteiger partial charge in [-0.2, -0.15) is 0 Å². The molecule has 0 spiro atoms. The quantitative estimate of drug-likeness (QED) is 0.659. The molecule has 0 aromatic heterocycles. The summed E-state index contributed by atoms with van der Waals surface area (Å²) in [7, 11) is 0. The lowest BCUT2D eigenvalue weighted by atomic mass is 9.89. The Bertz CT molecular complexity index is 207. The first kappa shape index (κ1) is 10.3. The van der Waals surface area contributed by atoms with E-state index in [2.05, 4.69) is 6.58 Å². The van der Waals surface area contributed by atoms with Gasteiger partial charge in [-0.15, -0.1) is 6.58 Å². The van der Waals surface area contributed by atoms with E-state index in [0.29, 0.717) is 19.5 Å². The zero-order valence-electron chi connectivity index (χ0n) is 8.12. The van der Waals surface area contributed by atoms with Crippen molar-refractivity contribution in [3.8, 4) is 0 Å². The zero-order valence-corrected chi connectivity index (χ0v) is 8.12. The fourth-order valence-corrected chi connectivity index (χ4v) is 1.72. The Morgan fingerprint density at radius 1 is 1.69 bits per heavy atom. The molecule has 1 aliphatic heterocycles. The van der Waals surface area contributed by atoms with E-state index in [0.717, 1.165) is 12.8 Å². The lowest BCUT2D eigenvalue weighted by Crippen LogP contribution is -2.63. The van der Waals surface area contributed by atoms with Crippen LogP contribution in [0, 0.1) is 0 Å². The molecule has 1 heterocycles. The van der Waals surface area contributed by atoms with Crippen LogP contribution in [-0.2, 0) is 4.79 Å². The van der Waals surface area contributed by atoms with Crippen molar-refractivity contribution in [3.05, 3.63) is 12.7 Å². The molecule has 0 atom stereocenters. The Morgan fingerprint density at radius 3 is 2.77 bits per heavy atom. The third kappa shape index (κ3) is 2.31. The van der Waals surface area contributed by atoms with Crippen molar-refractivity contribution in [2.75, 3.05) is 13.1 Å². The number of hydrogen-bond acceptors (Lipinski definition) is 2. The minimum atomic E-state index is -0.606. The van der Waals surface area contributed by atoms with Crippen LogP contribution in [0.15, 0.2) is 12.7 Å². The molecule has 0 aromatic rings. The molecule has 1 aliphatic rings. The highest BCUT2D eigenvalue weighted by atomic mass is 16.3. The number of rotatable bonds is 4. The highest BCUT2D eigenvalue weighted by molar-refractivity contribution is 5.78. The van der Waals surface area contributed by atoms with Crippen LogP contribution in [0.25, 0.3) is 0 Å². The van der Waals surface area contributed by atoms with E-state index in [1.165, 1.54) is 0 Å². The van der Waals surface area contributed by atoms with Crippen LogP contribution in [-0.4, -0.2) is 34.6 Å². The molecule has 0 saturated carbocycles. The second-order valence-electron chi connectivity index (χ2n) is 3.72. The molecule has 0 aliphatic carbocycles. The molecule has 1 amide bonds. The summed E-state index contributed by atoms with van der Waals surface area (Å²) in [4.78, 5) is 12.9. The van der Waals surface area contributed by atoms with E-state index in [9.17, 15) is 9.90 Å². The summed E-state index contributed by atoms with van der Waals surface area (Å²) in [6.45, 7) is 6.53. The molecule has 74 valence electrons. The van der Waals surface area contributed by atoms with Crippen LogP contribution in [0.4, 0.5) is 0 Å².